The lowest BCUT2D eigenvalue weighted by atomic mass is 10.1. The molecule has 31 heavy (non-hydrogen) atoms. The molecule has 0 saturated heterocycles. The molecule has 0 unspecified atom stereocenters. The first kappa shape index (κ1) is 20.6. The zero-order valence-electron chi connectivity index (χ0n) is 15.4. The lowest BCUT2D eigenvalue weighted by Gasteiger charge is -2.08. The minimum Gasteiger partial charge on any atom is -0.280 e. The van der Waals surface area contributed by atoms with E-state index < -0.39 is 33.1 Å². The van der Waals surface area contributed by atoms with Crippen molar-refractivity contribution in [1.29, 1.82) is 0 Å². The zero-order chi connectivity index (χ0) is 22.2. The lowest BCUT2D eigenvalue weighted by Crippen LogP contribution is -2.13. The molecule has 160 valence electrons. The summed E-state index contributed by atoms with van der Waals surface area (Å²) in [7, 11) is -4.24. The van der Waals surface area contributed by atoms with Crippen LogP contribution >= 0.6 is 0 Å². The number of anilines is 1. The van der Waals surface area contributed by atoms with E-state index in [9.17, 15) is 26.0 Å². The second-order valence-electron chi connectivity index (χ2n) is 6.44. The number of fused-ring (bicyclic) bond motifs is 1. The topological polar surface area (TPSA) is 92.7 Å². The Hall–Kier alpha value is -3.67. The summed E-state index contributed by atoms with van der Waals surface area (Å²) in [5, 5.41) is 10.9. The molecule has 2 N–H and O–H groups in total. The number of hydrogen-bond acceptors (Lipinski definition) is 4. The van der Waals surface area contributed by atoms with Crippen LogP contribution in [-0.2, 0) is 10.0 Å². The summed E-state index contributed by atoms with van der Waals surface area (Å²) in [6, 6.07) is 6.48. The third kappa shape index (κ3) is 4.43. The molecule has 0 aliphatic rings. The standard InChI is InChI=1S/C19H13F4N5O2S/c20-12-5-13(21)7-15(6-12)31(29,30)27-14-2-4-18-16(8-14)17(25-26-18)3-1-11-9-24-28(10-11)19(22)23/h1-10,19,27H,(H,25,26)/b3-1+. The highest BCUT2D eigenvalue weighted by atomic mass is 32.2. The highest BCUT2D eigenvalue weighted by molar-refractivity contribution is 7.92. The first-order valence-corrected chi connectivity index (χ1v) is 10.2. The third-order valence-corrected chi connectivity index (χ3v) is 5.61. The van der Waals surface area contributed by atoms with Gasteiger partial charge in [-0.3, -0.25) is 9.82 Å². The van der Waals surface area contributed by atoms with E-state index in [1.807, 2.05) is 0 Å². The van der Waals surface area contributed by atoms with Crippen molar-refractivity contribution in [2.45, 2.75) is 11.4 Å². The van der Waals surface area contributed by atoms with Gasteiger partial charge in [0.1, 0.15) is 11.6 Å². The number of alkyl halides is 2. The Morgan fingerprint density at radius 2 is 1.81 bits per heavy atom. The van der Waals surface area contributed by atoms with Crippen LogP contribution in [0.2, 0.25) is 0 Å². The molecule has 4 aromatic rings. The van der Waals surface area contributed by atoms with Crippen LogP contribution in [0.15, 0.2) is 53.7 Å². The van der Waals surface area contributed by atoms with Crippen molar-refractivity contribution in [2.24, 2.45) is 0 Å². The molecule has 12 heteroatoms. The number of hydrogen-bond donors (Lipinski definition) is 2. The van der Waals surface area contributed by atoms with Gasteiger partial charge in [0.2, 0.25) is 0 Å². The Morgan fingerprint density at radius 1 is 1.06 bits per heavy atom. The Balaban J connectivity index is 1.62. The van der Waals surface area contributed by atoms with Crippen LogP contribution in [0.25, 0.3) is 23.1 Å². The van der Waals surface area contributed by atoms with Crippen molar-refractivity contribution in [3.8, 4) is 0 Å². The maximum Gasteiger partial charge on any atom is 0.333 e. The fraction of sp³-hybridized carbons (Fsp3) is 0.0526. The summed E-state index contributed by atoms with van der Waals surface area (Å²) in [6.45, 7) is -2.75. The van der Waals surface area contributed by atoms with Crippen molar-refractivity contribution in [3.63, 3.8) is 0 Å². The van der Waals surface area contributed by atoms with Gasteiger partial charge >= 0.3 is 6.55 Å². The van der Waals surface area contributed by atoms with Crippen LogP contribution in [-0.4, -0.2) is 28.4 Å². The Kier molecular flexibility index (Phi) is 5.23. The molecule has 2 aromatic heterocycles. The number of rotatable bonds is 6. The van der Waals surface area contributed by atoms with E-state index in [1.165, 1.54) is 24.4 Å². The molecule has 0 aliphatic carbocycles. The predicted molar refractivity (Wildman–Crippen MR) is 106 cm³/mol. The highest BCUT2D eigenvalue weighted by Crippen LogP contribution is 2.25. The molecule has 0 saturated carbocycles. The largest absolute Gasteiger partial charge is 0.333 e. The zero-order valence-corrected chi connectivity index (χ0v) is 16.2. The summed E-state index contributed by atoms with van der Waals surface area (Å²) < 4.78 is 79.7. The van der Waals surface area contributed by atoms with Crippen molar-refractivity contribution < 1.29 is 26.0 Å². The third-order valence-electron chi connectivity index (χ3n) is 4.25. The van der Waals surface area contributed by atoms with E-state index in [-0.39, 0.29) is 5.69 Å². The smallest absolute Gasteiger partial charge is 0.280 e. The van der Waals surface area contributed by atoms with Crippen LogP contribution < -0.4 is 4.72 Å². The van der Waals surface area contributed by atoms with E-state index in [0.717, 1.165) is 6.20 Å². The molecular formula is C19H13F4N5O2S. The van der Waals surface area contributed by atoms with Crippen molar-refractivity contribution in [3.05, 3.63) is 71.7 Å². The summed E-state index contributed by atoms with van der Waals surface area (Å²) in [6.07, 6.45) is 5.49. The Bertz CT molecular complexity index is 1380. The molecule has 2 heterocycles. The fourth-order valence-corrected chi connectivity index (χ4v) is 3.93. The van der Waals surface area contributed by atoms with Gasteiger partial charge in [0, 0.05) is 28.9 Å². The number of H-pyrrole nitrogens is 1. The SMILES string of the molecule is O=S(=O)(Nc1ccc2[nH]nc(/C=C/c3cnn(C(F)F)c3)c2c1)c1cc(F)cc(F)c1. The summed E-state index contributed by atoms with van der Waals surface area (Å²) in [4.78, 5) is -0.562. The lowest BCUT2D eigenvalue weighted by molar-refractivity contribution is 0.0566. The van der Waals surface area contributed by atoms with Gasteiger partial charge in [-0.2, -0.15) is 19.0 Å². The van der Waals surface area contributed by atoms with Crippen LogP contribution in [0.5, 0.6) is 0 Å². The second-order valence-corrected chi connectivity index (χ2v) is 8.13. The van der Waals surface area contributed by atoms with Crippen molar-refractivity contribution in [1.82, 2.24) is 20.0 Å². The summed E-state index contributed by atoms with van der Waals surface area (Å²) >= 11 is 0. The fourth-order valence-electron chi connectivity index (χ4n) is 2.84. The normalized spacial score (nSPS) is 12.3. The number of halogens is 4. The summed E-state index contributed by atoms with van der Waals surface area (Å²) in [5.41, 5.74) is 1.56. The molecule has 0 bridgehead atoms. The predicted octanol–water partition coefficient (Wildman–Crippen LogP) is 4.40. The van der Waals surface area contributed by atoms with Gasteiger partial charge in [-0.05, 0) is 42.5 Å². The number of sulfonamides is 1. The highest BCUT2D eigenvalue weighted by Gasteiger charge is 2.17. The molecule has 0 spiro atoms. The molecule has 0 aliphatic heterocycles. The van der Waals surface area contributed by atoms with E-state index in [2.05, 4.69) is 20.0 Å². The molecule has 4 rings (SSSR count). The van der Waals surface area contributed by atoms with Gasteiger partial charge in [0.15, 0.2) is 0 Å². The monoisotopic (exact) mass is 451 g/mol. The molecule has 0 fully saturated rings. The maximum absolute atomic E-state index is 13.4. The van der Waals surface area contributed by atoms with Gasteiger partial charge in [-0.25, -0.2) is 21.9 Å². The number of nitrogens with zero attached hydrogens (tertiary/aromatic N) is 3. The Labute approximate surface area is 173 Å². The van der Waals surface area contributed by atoms with Gasteiger partial charge in [-0.15, -0.1) is 0 Å². The molecule has 2 aromatic carbocycles. The number of benzene rings is 2. The van der Waals surface area contributed by atoms with E-state index in [0.29, 0.717) is 45.0 Å². The van der Waals surface area contributed by atoms with Crippen molar-refractivity contribution >= 4 is 38.8 Å². The van der Waals surface area contributed by atoms with Crippen LogP contribution in [0.4, 0.5) is 23.2 Å². The van der Waals surface area contributed by atoms with Crippen LogP contribution in [0.3, 0.4) is 0 Å². The first-order valence-electron chi connectivity index (χ1n) is 8.69. The second kappa shape index (κ2) is 7.87. The number of nitrogens with one attached hydrogen (secondary N) is 2. The molecule has 7 nitrogen and oxygen atoms in total. The van der Waals surface area contributed by atoms with Gasteiger partial charge in [0.05, 0.1) is 22.3 Å². The van der Waals surface area contributed by atoms with E-state index >= 15 is 0 Å². The van der Waals surface area contributed by atoms with Crippen LogP contribution in [0.1, 0.15) is 17.8 Å². The van der Waals surface area contributed by atoms with Gasteiger partial charge in [-0.1, -0.05) is 0 Å². The van der Waals surface area contributed by atoms with Crippen molar-refractivity contribution in [2.75, 3.05) is 4.72 Å². The molecule has 0 atom stereocenters. The quantitative estimate of drug-likeness (QED) is 0.425. The molecule has 0 amide bonds. The van der Waals surface area contributed by atoms with Gasteiger partial charge in [0.25, 0.3) is 10.0 Å². The average Bonchev–Trinajstić information content (AvgIpc) is 3.32. The number of aromatic amines is 1. The van der Waals surface area contributed by atoms with E-state index in [1.54, 1.807) is 12.1 Å². The minimum atomic E-state index is -4.24. The molecule has 0 radical (unpaired) electrons. The summed E-state index contributed by atoms with van der Waals surface area (Å²) in [5.74, 6) is -2.04. The minimum absolute atomic E-state index is 0.138. The number of aromatic nitrogens is 4. The van der Waals surface area contributed by atoms with E-state index in [4.69, 9.17) is 0 Å². The van der Waals surface area contributed by atoms with Gasteiger partial charge < -0.3 is 0 Å². The maximum atomic E-state index is 13.4. The average molecular weight is 451 g/mol. The molecular weight excluding hydrogens is 438 g/mol. The Morgan fingerprint density at radius 3 is 2.48 bits per heavy atom. The first-order chi connectivity index (χ1) is 14.7. The van der Waals surface area contributed by atoms with Crippen LogP contribution in [0, 0.1) is 11.6 Å².